The van der Waals surface area contributed by atoms with Gasteiger partial charge in [-0.2, -0.15) is 5.10 Å². The zero-order valence-electron chi connectivity index (χ0n) is 14.9. The summed E-state index contributed by atoms with van der Waals surface area (Å²) in [6.45, 7) is 4.67. The minimum atomic E-state index is -0.420. The van der Waals surface area contributed by atoms with Gasteiger partial charge in [-0.3, -0.25) is 4.98 Å². The Kier molecular flexibility index (Phi) is 3.88. The van der Waals surface area contributed by atoms with Crippen LogP contribution < -0.4 is 0 Å². The fourth-order valence-electron chi connectivity index (χ4n) is 3.17. The van der Waals surface area contributed by atoms with Crippen LogP contribution in [0.15, 0.2) is 42.9 Å². The first-order chi connectivity index (χ1) is 12.6. The van der Waals surface area contributed by atoms with Gasteiger partial charge < -0.3 is 4.74 Å². The molecule has 0 unspecified atom stereocenters. The lowest BCUT2D eigenvalue weighted by molar-refractivity contribution is 0.0601. The van der Waals surface area contributed by atoms with E-state index in [1.807, 2.05) is 42.8 Å². The number of aromatic nitrogens is 4. The molecule has 0 saturated heterocycles. The first-order valence-electron chi connectivity index (χ1n) is 8.42. The predicted octanol–water partition coefficient (Wildman–Crippen LogP) is 3.56. The molecule has 3 aromatic heterocycles. The van der Waals surface area contributed by atoms with Crippen LogP contribution in [0.5, 0.6) is 0 Å². The number of allylic oxidation sites excluding steroid dienone is 4. The van der Waals surface area contributed by atoms with Crippen molar-refractivity contribution in [2.24, 2.45) is 0 Å². The second-order valence-corrected chi connectivity index (χ2v) is 6.13. The van der Waals surface area contributed by atoms with Crippen molar-refractivity contribution in [1.29, 1.82) is 0 Å². The quantitative estimate of drug-likeness (QED) is 0.676. The van der Waals surface area contributed by atoms with E-state index in [1.165, 1.54) is 7.11 Å². The van der Waals surface area contributed by atoms with Crippen molar-refractivity contribution >= 4 is 22.6 Å². The molecule has 6 nitrogen and oxygen atoms in total. The molecule has 26 heavy (non-hydrogen) atoms. The highest BCUT2D eigenvalue weighted by atomic mass is 16.5. The van der Waals surface area contributed by atoms with Gasteiger partial charge in [0.1, 0.15) is 0 Å². The predicted molar refractivity (Wildman–Crippen MR) is 99.6 cm³/mol. The Hall–Kier alpha value is -3.28. The molecule has 4 rings (SSSR count). The van der Waals surface area contributed by atoms with Gasteiger partial charge in [0.15, 0.2) is 5.65 Å². The highest BCUT2D eigenvalue weighted by Crippen LogP contribution is 2.37. The Morgan fingerprint density at radius 2 is 2.08 bits per heavy atom. The molecule has 0 spiro atoms. The van der Waals surface area contributed by atoms with Gasteiger partial charge >= 0.3 is 5.97 Å². The van der Waals surface area contributed by atoms with Crippen LogP contribution in [0.2, 0.25) is 0 Å². The number of pyridine rings is 2. The Bertz CT molecular complexity index is 1090. The normalized spacial score (nSPS) is 12.8. The van der Waals surface area contributed by atoms with Gasteiger partial charge in [0.2, 0.25) is 0 Å². The van der Waals surface area contributed by atoms with Gasteiger partial charge in [-0.05, 0) is 25.5 Å². The number of aryl methyl sites for hydroxylation is 2. The molecule has 6 heteroatoms. The van der Waals surface area contributed by atoms with E-state index in [0.717, 1.165) is 33.3 Å². The summed E-state index contributed by atoms with van der Waals surface area (Å²) in [5, 5.41) is 5.25. The van der Waals surface area contributed by atoms with Gasteiger partial charge in [-0.25, -0.2) is 14.5 Å². The molecule has 0 fully saturated rings. The van der Waals surface area contributed by atoms with Crippen molar-refractivity contribution in [1.82, 2.24) is 19.7 Å². The topological polar surface area (TPSA) is 69.9 Å². The number of esters is 1. The Labute approximate surface area is 150 Å². The summed E-state index contributed by atoms with van der Waals surface area (Å²) in [5.41, 5.74) is 5.31. The third kappa shape index (κ3) is 2.42. The first kappa shape index (κ1) is 16.2. The van der Waals surface area contributed by atoms with Crippen molar-refractivity contribution in [2.75, 3.05) is 7.11 Å². The summed E-state index contributed by atoms with van der Waals surface area (Å²) in [5.74, 6) is -0.420. The summed E-state index contributed by atoms with van der Waals surface area (Å²) in [6, 6.07) is 2.01. The lowest BCUT2D eigenvalue weighted by Crippen LogP contribution is -2.12. The molecule has 0 N–H and O–H groups in total. The smallest absolute Gasteiger partial charge is 0.340 e. The molecule has 130 valence electrons. The molecular weight excluding hydrogens is 328 g/mol. The third-order valence-corrected chi connectivity index (χ3v) is 4.46. The zero-order valence-corrected chi connectivity index (χ0v) is 14.9. The summed E-state index contributed by atoms with van der Waals surface area (Å²) < 4.78 is 6.92. The molecule has 0 aromatic carbocycles. The van der Waals surface area contributed by atoms with Crippen LogP contribution >= 0.6 is 0 Å². The number of hydrogen-bond acceptors (Lipinski definition) is 5. The van der Waals surface area contributed by atoms with E-state index in [9.17, 15) is 4.79 Å². The number of carbonyl (C=O) groups excluding carboxylic acids is 1. The monoisotopic (exact) mass is 346 g/mol. The fraction of sp³-hybridized carbons (Fsp3) is 0.200. The Morgan fingerprint density at radius 3 is 2.69 bits per heavy atom. The van der Waals surface area contributed by atoms with Crippen LogP contribution in [0.3, 0.4) is 0 Å². The van der Waals surface area contributed by atoms with Crippen LogP contribution in [-0.2, 0) is 11.3 Å². The highest BCUT2D eigenvalue weighted by Gasteiger charge is 2.27. The average molecular weight is 346 g/mol. The maximum Gasteiger partial charge on any atom is 0.340 e. The molecule has 0 atom stereocenters. The van der Waals surface area contributed by atoms with E-state index in [1.54, 1.807) is 18.6 Å². The highest BCUT2D eigenvalue weighted by molar-refractivity contribution is 6.10. The van der Waals surface area contributed by atoms with Gasteiger partial charge in [0.05, 0.1) is 24.6 Å². The SMILES string of the molecule is CCn1ncc2c(-c3cncc(C)c3)c(C(=O)OC)c(C3=CC=C3)nc21. The summed E-state index contributed by atoms with van der Waals surface area (Å²) in [4.78, 5) is 21.8. The van der Waals surface area contributed by atoms with E-state index >= 15 is 0 Å². The molecular formula is C20H18N4O2. The van der Waals surface area contributed by atoms with E-state index in [2.05, 4.69) is 10.1 Å². The lowest BCUT2D eigenvalue weighted by Gasteiger charge is -2.17. The molecule has 0 saturated carbocycles. The summed E-state index contributed by atoms with van der Waals surface area (Å²) in [6.07, 6.45) is 11.1. The second kappa shape index (κ2) is 6.22. The van der Waals surface area contributed by atoms with E-state index in [4.69, 9.17) is 9.72 Å². The largest absolute Gasteiger partial charge is 0.465 e. The molecule has 0 bridgehead atoms. The maximum atomic E-state index is 12.7. The van der Waals surface area contributed by atoms with Crippen LogP contribution in [0.1, 0.15) is 28.5 Å². The first-order valence-corrected chi connectivity index (χ1v) is 8.42. The molecule has 3 aromatic rings. The fourth-order valence-corrected chi connectivity index (χ4v) is 3.17. The summed E-state index contributed by atoms with van der Waals surface area (Å²) >= 11 is 0. The third-order valence-electron chi connectivity index (χ3n) is 4.46. The molecule has 3 heterocycles. The number of hydrogen-bond donors (Lipinski definition) is 0. The number of methoxy groups -OCH3 is 1. The van der Waals surface area contributed by atoms with Crippen LogP contribution in [0.25, 0.3) is 27.7 Å². The Morgan fingerprint density at radius 1 is 1.27 bits per heavy atom. The van der Waals surface area contributed by atoms with Crippen molar-refractivity contribution < 1.29 is 9.53 Å². The Balaban J connectivity index is 2.15. The van der Waals surface area contributed by atoms with Gasteiger partial charge in [-0.15, -0.1) is 0 Å². The standard InChI is InChI=1S/C20H18N4O2/c1-4-24-19-15(11-22-24)16(14-8-12(2)9-21-10-14)17(20(25)26-3)18(23-19)13-6-5-7-13/h5-11H,4H2,1-3H3. The van der Waals surface area contributed by atoms with Crippen LogP contribution in [-0.4, -0.2) is 32.8 Å². The number of rotatable bonds is 4. The maximum absolute atomic E-state index is 12.7. The molecule has 0 aliphatic heterocycles. The molecule has 1 aliphatic rings. The van der Waals surface area contributed by atoms with Gasteiger partial charge in [0, 0.05) is 41.0 Å². The number of fused-ring (bicyclic) bond motifs is 1. The van der Waals surface area contributed by atoms with Crippen molar-refractivity contribution in [3.63, 3.8) is 0 Å². The minimum Gasteiger partial charge on any atom is -0.465 e. The summed E-state index contributed by atoms with van der Waals surface area (Å²) in [7, 11) is 1.38. The van der Waals surface area contributed by atoms with Crippen molar-refractivity contribution in [2.45, 2.75) is 20.4 Å². The van der Waals surface area contributed by atoms with Crippen LogP contribution in [0, 0.1) is 6.92 Å². The van der Waals surface area contributed by atoms with Gasteiger partial charge in [-0.1, -0.05) is 18.2 Å². The lowest BCUT2D eigenvalue weighted by atomic mass is 9.92. The van der Waals surface area contributed by atoms with Gasteiger partial charge in [0.25, 0.3) is 0 Å². The average Bonchev–Trinajstić information content (AvgIpc) is 3.01. The van der Waals surface area contributed by atoms with Crippen LogP contribution in [0.4, 0.5) is 0 Å². The second-order valence-electron chi connectivity index (χ2n) is 6.13. The number of nitrogens with zero attached hydrogens (tertiary/aromatic N) is 4. The molecule has 0 amide bonds. The number of ether oxygens (including phenoxy) is 1. The van der Waals surface area contributed by atoms with Crippen molar-refractivity contribution in [3.05, 3.63) is 59.7 Å². The van der Waals surface area contributed by atoms with Crippen molar-refractivity contribution in [3.8, 4) is 11.1 Å². The zero-order chi connectivity index (χ0) is 18.3. The molecule has 1 aliphatic carbocycles. The molecule has 0 radical (unpaired) electrons. The van der Waals surface area contributed by atoms with E-state index in [0.29, 0.717) is 17.8 Å². The van der Waals surface area contributed by atoms with E-state index < -0.39 is 5.97 Å². The number of carbonyl (C=O) groups is 1. The minimum absolute atomic E-state index is 0.420. The van der Waals surface area contributed by atoms with E-state index in [-0.39, 0.29) is 0 Å².